The number of rotatable bonds is 2. The number of hydrogen-bond acceptors (Lipinski definition) is 2. The zero-order valence-corrected chi connectivity index (χ0v) is 11.3. The summed E-state index contributed by atoms with van der Waals surface area (Å²) in [4.78, 5) is 23.4. The fourth-order valence-corrected chi connectivity index (χ4v) is 6.25. The van der Waals surface area contributed by atoms with E-state index in [9.17, 15) is 9.59 Å². The van der Waals surface area contributed by atoms with E-state index in [1.165, 1.54) is 6.42 Å². The van der Waals surface area contributed by atoms with Gasteiger partial charge < -0.3 is 0 Å². The number of halogens is 2. The van der Waals surface area contributed by atoms with Crippen LogP contribution in [0.1, 0.15) is 12.8 Å². The van der Waals surface area contributed by atoms with Gasteiger partial charge in [0.25, 0.3) is 0 Å². The van der Waals surface area contributed by atoms with E-state index in [2.05, 4.69) is 12.2 Å². The molecule has 4 heteroatoms. The van der Waals surface area contributed by atoms with Crippen molar-refractivity contribution in [1.82, 2.24) is 0 Å². The molecule has 0 spiro atoms. The van der Waals surface area contributed by atoms with Crippen molar-refractivity contribution in [3.63, 3.8) is 0 Å². The molecule has 2 nitrogen and oxygen atoms in total. The minimum atomic E-state index is -0.355. The van der Waals surface area contributed by atoms with Gasteiger partial charge in [-0.15, -0.1) is 0 Å². The number of carbonyl (C=O) groups excluding carboxylic acids is 2. The van der Waals surface area contributed by atoms with Gasteiger partial charge in [-0.3, -0.25) is 9.59 Å². The van der Waals surface area contributed by atoms with Crippen molar-refractivity contribution < 1.29 is 9.59 Å². The van der Waals surface area contributed by atoms with Gasteiger partial charge in [-0.2, -0.15) is 0 Å². The first-order valence-corrected chi connectivity index (χ1v) is 7.42. The predicted octanol–water partition coefficient (Wildman–Crippen LogP) is 2.84. The summed E-state index contributed by atoms with van der Waals surface area (Å²) in [6.45, 7) is 0. The third kappa shape index (κ3) is 1.21. The lowest BCUT2D eigenvalue weighted by molar-refractivity contribution is -0.128. The van der Waals surface area contributed by atoms with Gasteiger partial charge in [0, 0.05) is 11.8 Å². The molecule has 0 saturated heterocycles. The van der Waals surface area contributed by atoms with Gasteiger partial charge in [0.05, 0.1) is 0 Å². The van der Waals surface area contributed by atoms with Crippen molar-refractivity contribution in [3.05, 3.63) is 12.2 Å². The monoisotopic (exact) mass is 284 g/mol. The second-order valence-corrected chi connectivity index (χ2v) is 7.07. The first kappa shape index (κ1) is 11.5. The molecule has 4 bridgehead atoms. The van der Waals surface area contributed by atoms with Crippen LogP contribution in [0.3, 0.4) is 0 Å². The lowest BCUT2D eigenvalue weighted by Crippen LogP contribution is -2.41. The van der Waals surface area contributed by atoms with Gasteiger partial charge in [-0.25, -0.2) is 0 Å². The van der Waals surface area contributed by atoms with Gasteiger partial charge in [-0.05, 0) is 71.6 Å². The Bertz CT molecular complexity index is 432. The molecule has 18 heavy (non-hydrogen) atoms. The van der Waals surface area contributed by atoms with Crippen LogP contribution in [0.5, 0.6) is 0 Å². The lowest BCUT2D eigenvalue weighted by atomic mass is 9.65. The van der Waals surface area contributed by atoms with Gasteiger partial charge in [-0.1, -0.05) is 12.2 Å². The standard InChI is InChI=1S/C14H14Cl2O2/c15-13(17)11-7-4-8(12(11)14(16)18)10-6-2-1-5(3-6)9(7)10/h1-2,5-12H,3-4H2. The fraction of sp³-hybridized carbons (Fsp3) is 0.714. The van der Waals surface area contributed by atoms with Crippen LogP contribution in [0.25, 0.3) is 0 Å². The van der Waals surface area contributed by atoms with Crippen LogP contribution in [0.4, 0.5) is 0 Å². The minimum absolute atomic E-state index is 0.289. The molecule has 4 aliphatic rings. The summed E-state index contributed by atoms with van der Waals surface area (Å²) in [5.74, 6) is 2.30. The van der Waals surface area contributed by atoms with Crippen molar-refractivity contribution in [3.8, 4) is 0 Å². The average Bonchev–Trinajstić information content (AvgIpc) is 3.04. The summed E-state index contributed by atoms with van der Waals surface area (Å²) in [5, 5.41) is -0.710. The topological polar surface area (TPSA) is 34.1 Å². The third-order valence-electron chi connectivity index (χ3n) is 5.95. The normalized spacial score (nSPS) is 55.0. The molecule has 0 N–H and O–H groups in total. The summed E-state index contributed by atoms with van der Waals surface area (Å²) in [5.41, 5.74) is 0. The number of carbonyl (C=O) groups is 2. The largest absolute Gasteiger partial charge is 0.281 e. The van der Waals surface area contributed by atoms with E-state index in [-0.39, 0.29) is 34.2 Å². The fourth-order valence-electron chi connectivity index (χ4n) is 5.66. The maximum atomic E-state index is 11.7. The summed E-state index contributed by atoms with van der Waals surface area (Å²) < 4.78 is 0. The van der Waals surface area contributed by atoms with Crippen molar-refractivity contribution in [2.45, 2.75) is 12.8 Å². The molecule has 0 heterocycles. The Kier molecular flexibility index (Phi) is 2.30. The molecule has 0 amide bonds. The van der Waals surface area contributed by atoms with E-state index in [1.807, 2.05) is 0 Å². The highest BCUT2D eigenvalue weighted by Crippen LogP contribution is 2.69. The molecule has 0 aromatic carbocycles. The molecule has 96 valence electrons. The molecule has 0 aromatic heterocycles. The molecule has 0 aromatic rings. The van der Waals surface area contributed by atoms with Crippen LogP contribution in [0, 0.1) is 47.3 Å². The van der Waals surface area contributed by atoms with E-state index in [0.717, 1.165) is 6.42 Å². The second kappa shape index (κ2) is 3.61. The maximum absolute atomic E-state index is 11.7. The zero-order chi connectivity index (χ0) is 12.6. The number of allylic oxidation sites excluding steroid dienone is 2. The molecule has 3 saturated carbocycles. The zero-order valence-electron chi connectivity index (χ0n) is 9.76. The average molecular weight is 285 g/mol. The lowest BCUT2D eigenvalue weighted by Gasteiger charge is -2.39. The quantitative estimate of drug-likeness (QED) is 0.444. The SMILES string of the molecule is O=C(Cl)C1C2CC(C1C(=O)Cl)C1C3C=CC(C3)C21. The molecule has 3 fully saturated rings. The summed E-state index contributed by atoms with van der Waals surface area (Å²) in [6.07, 6.45) is 6.78. The first-order chi connectivity index (χ1) is 8.59. The van der Waals surface area contributed by atoms with Crippen LogP contribution >= 0.6 is 23.2 Å². The third-order valence-corrected chi connectivity index (χ3v) is 6.45. The molecular formula is C14H14Cl2O2. The molecule has 8 unspecified atom stereocenters. The Hall–Kier alpha value is -0.340. The highest BCUT2D eigenvalue weighted by atomic mass is 35.5. The number of fused-ring (bicyclic) bond motifs is 9. The first-order valence-electron chi connectivity index (χ1n) is 6.66. The van der Waals surface area contributed by atoms with Crippen molar-refractivity contribution in [2.75, 3.05) is 0 Å². The van der Waals surface area contributed by atoms with Crippen LogP contribution in [0.2, 0.25) is 0 Å². The summed E-state index contributed by atoms with van der Waals surface area (Å²) in [6, 6.07) is 0. The minimum Gasteiger partial charge on any atom is -0.281 e. The Morgan fingerprint density at radius 2 is 1.28 bits per heavy atom. The maximum Gasteiger partial charge on any atom is 0.225 e. The second-order valence-electron chi connectivity index (χ2n) is 6.33. The van der Waals surface area contributed by atoms with Crippen LogP contribution < -0.4 is 0 Å². The Morgan fingerprint density at radius 3 is 1.67 bits per heavy atom. The van der Waals surface area contributed by atoms with Crippen molar-refractivity contribution in [2.24, 2.45) is 47.3 Å². The highest BCUT2D eigenvalue weighted by Gasteiger charge is 2.67. The Labute approximate surface area is 116 Å². The van der Waals surface area contributed by atoms with E-state index in [1.54, 1.807) is 0 Å². The molecule has 4 aliphatic carbocycles. The van der Waals surface area contributed by atoms with Crippen LogP contribution in [-0.2, 0) is 9.59 Å². The molecule has 4 rings (SSSR count). The van der Waals surface area contributed by atoms with Gasteiger partial charge in [0.2, 0.25) is 10.5 Å². The molecule has 0 aliphatic heterocycles. The summed E-state index contributed by atoms with van der Waals surface area (Å²) >= 11 is 11.5. The smallest absolute Gasteiger partial charge is 0.225 e. The van der Waals surface area contributed by atoms with E-state index < -0.39 is 0 Å². The Morgan fingerprint density at radius 1 is 0.833 bits per heavy atom. The van der Waals surface area contributed by atoms with Gasteiger partial charge in [0.15, 0.2) is 0 Å². The predicted molar refractivity (Wildman–Crippen MR) is 68.0 cm³/mol. The van der Waals surface area contributed by atoms with E-state index in [4.69, 9.17) is 23.2 Å². The number of hydrogen-bond donors (Lipinski definition) is 0. The van der Waals surface area contributed by atoms with Gasteiger partial charge >= 0.3 is 0 Å². The van der Waals surface area contributed by atoms with Gasteiger partial charge in [0.1, 0.15) is 0 Å². The summed E-state index contributed by atoms with van der Waals surface area (Å²) in [7, 11) is 0. The van der Waals surface area contributed by atoms with E-state index >= 15 is 0 Å². The van der Waals surface area contributed by atoms with Crippen LogP contribution in [0.15, 0.2) is 12.2 Å². The Balaban J connectivity index is 1.76. The molecule has 8 atom stereocenters. The van der Waals surface area contributed by atoms with Crippen molar-refractivity contribution >= 4 is 33.7 Å². The molecule has 0 radical (unpaired) electrons. The highest BCUT2D eigenvalue weighted by molar-refractivity contribution is 6.66. The van der Waals surface area contributed by atoms with E-state index in [0.29, 0.717) is 23.7 Å². The molecular weight excluding hydrogens is 271 g/mol. The van der Waals surface area contributed by atoms with Crippen molar-refractivity contribution in [1.29, 1.82) is 0 Å². The van der Waals surface area contributed by atoms with Crippen LogP contribution in [-0.4, -0.2) is 10.5 Å².